The van der Waals surface area contributed by atoms with Gasteiger partial charge in [-0.15, -0.1) is 0 Å². The molecule has 1 heterocycles. The van der Waals surface area contributed by atoms with Crippen molar-refractivity contribution in [3.8, 4) is 11.5 Å². The Bertz CT molecular complexity index is 778. The summed E-state index contributed by atoms with van der Waals surface area (Å²) in [6.45, 7) is 4.02. The SMILES string of the molecule is C=CCOc1ccccc1/C=C1\Oc2ccc(Cl)cc2C1=O. The minimum Gasteiger partial charge on any atom is -0.489 e. The average molecular weight is 313 g/mol. The van der Waals surface area contributed by atoms with Crippen LogP contribution >= 0.6 is 11.6 Å². The van der Waals surface area contributed by atoms with E-state index in [1.807, 2.05) is 24.3 Å². The third-order valence-electron chi connectivity index (χ3n) is 3.19. The summed E-state index contributed by atoms with van der Waals surface area (Å²) >= 11 is 5.92. The zero-order valence-corrected chi connectivity index (χ0v) is 12.5. The highest BCUT2D eigenvalue weighted by Crippen LogP contribution is 2.34. The first-order valence-corrected chi connectivity index (χ1v) is 7.13. The first-order chi connectivity index (χ1) is 10.7. The van der Waals surface area contributed by atoms with Crippen molar-refractivity contribution in [3.63, 3.8) is 0 Å². The molecule has 3 nitrogen and oxygen atoms in total. The molecule has 0 aromatic heterocycles. The number of halogens is 1. The van der Waals surface area contributed by atoms with Gasteiger partial charge in [0.2, 0.25) is 5.78 Å². The van der Waals surface area contributed by atoms with E-state index in [2.05, 4.69) is 6.58 Å². The number of ketones is 1. The molecule has 0 spiro atoms. The summed E-state index contributed by atoms with van der Waals surface area (Å²) in [6, 6.07) is 12.4. The molecule has 0 bridgehead atoms. The lowest BCUT2D eigenvalue weighted by Gasteiger charge is -2.07. The van der Waals surface area contributed by atoms with Crippen LogP contribution in [0.15, 0.2) is 60.9 Å². The van der Waals surface area contributed by atoms with Gasteiger partial charge in [-0.1, -0.05) is 42.5 Å². The monoisotopic (exact) mass is 312 g/mol. The predicted molar refractivity (Wildman–Crippen MR) is 86.5 cm³/mol. The topological polar surface area (TPSA) is 35.5 Å². The molecule has 0 saturated heterocycles. The number of rotatable bonds is 4. The Morgan fingerprint density at radius 3 is 2.86 bits per heavy atom. The van der Waals surface area contributed by atoms with Crippen LogP contribution in [0.2, 0.25) is 5.02 Å². The summed E-state index contributed by atoms with van der Waals surface area (Å²) in [5, 5.41) is 0.506. The Morgan fingerprint density at radius 2 is 2.05 bits per heavy atom. The van der Waals surface area contributed by atoms with Gasteiger partial charge in [0, 0.05) is 10.6 Å². The minimum atomic E-state index is -0.184. The molecule has 0 saturated carbocycles. The van der Waals surface area contributed by atoms with E-state index in [1.54, 1.807) is 30.4 Å². The number of fused-ring (bicyclic) bond motifs is 1. The van der Waals surface area contributed by atoms with Gasteiger partial charge in [-0.3, -0.25) is 4.79 Å². The van der Waals surface area contributed by atoms with Crippen molar-refractivity contribution in [3.05, 3.63) is 77.0 Å². The molecule has 110 valence electrons. The average Bonchev–Trinajstić information content (AvgIpc) is 2.83. The number of carbonyl (C=O) groups is 1. The van der Waals surface area contributed by atoms with Crippen LogP contribution in [0.3, 0.4) is 0 Å². The molecule has 0 fully saturated rings. The van der Waals surface area contributed by atoms with E-state index in [-0.39, 0.29) is 11.5 Å². The fourth-order valence-electron chi connectivity index (χ4n) is 2.18. The fourth-order valence-corrected chi connectivity index (χ4v) is 2.35. The number of hydrogen-bond acceptors (Lipinski definition) is 3. The Hall–Kier alpha value is -2.52. The van der Waals surface area contributed by atoms with Gasteiger partial charge in [-0.2, -0.15) is 0 Å². The summed E-state index contributed by atoms with van der Waals surface area (Å²) in [6.07, 6.45) is 3.34. The highest BCUT2D eigenvalue weighted by molar-refractivity contribution is 6.31. The smallest absolute Gasteiger partial charge is 0.232 e. The molecule has 1 aliphatic rings. The molecule has 0 amide bonds. The standard InChI is InChI=1S/C18H13ClO3/c1-2-9-21-15-6-4-3-5-12(15)10-17-18(20)14-11-13(19)7-8-16(14)22-17/h2-8,10-11H,1,9H2/b17-10-. The van der Waals surface area contributed by atoms with Gasteiger partial charge < -0.3 is 9.47 Å². The zero-order valence-electron chi connectivity index (χ0n) is 11.7. The van der Waals surface area contributed by atoms with E-state index >= 15 is 0 Å². The summed E-state index contributed by atoms with van der Waals surface area (Å²) in [5.41, 5.74) is 1.25. The van der Waals surface area contributed by atoms with E-state index in [0.717, 1.165) is 5.56 Å². The molecule has 0 aliphatic carbocycles. The number of carbonyl (C=O) groups excluding carboxylic acids is 1. The molecule has 0 atom stereocenters. The van der Waals surface area contributed by atoms with Crippen molar-refractivity contribution < 1.29 is 14.3 Å². The van der Waals surface area contributed by atoms with Gasteiger partial charge in [0.05, 0.1) is 5.56 Å². The van der Waals surface area contributed by atoms with Crippen molar-refractivity contribution >= 4 is 23.5 Å². The number of allylic oxidation sites excluding steroid dienone is 1. The van der Waals surface area contributed by atoms with Crippen molar-refractivity contribution in [1.82, 2.24) is 0 Å². The second-order valence-electron chi connectivity index (χ2n) is 4.72. The van der Waals surface area contributed by atoms with Gasteiger partial charge >= 0.3 is 0 Å². The minimum absolute atomic E-state index is 0.184. The van der Waals surface area contributed by atoms with Crippen molar-refractivity contribution in [1.29, 1.82) is 0 Å². The third-order valence-corrected chi connectivity index (χ3v) is 3.43. The first kappa shape index (κ1) is 14.4. The lowest BCUT2D eigenvalue weighted by molar-refractivity contribution is 0.101. The Kier molecular flexibility index (Phi) is 3.98. The number of ether oxygens (including phenoxy) is 2. The highest BCUT2D eigenvalue weighted by atomic mass is 35.5. The molecule has 0 radical (unpaired) electrons. The second-order valence-corrected chi connectivity index (χ2v) is 5.15. The van der Waals surface area contributed by atoms with E-state index < -0.39 is 0 Å². The maximum Gasteiger partial charge on any atom is 0.232 e. The van der Waals surface area contributed by atoms with E-state index in [4.69, 9.17) is 21.1 Å². The number of para-hydroxylation sites is 1. The Balaban J connectivity index is 1.95. The van der Waals surface area contributed by atoms with E-state index in [1.165, 1.54) is 0 Å². The van der Waals surface area contributed by atoms with Gasteiger partial charge in [0.1, 0.15) is 18.1 Å². The maximum absolute atomic E-state index is 12.4. The zero-order chi connectivity index (χ0) is 15.5. The van der Waals surface area contributed by atoms with Crippen LogP contribution in [-0.4, -0.2) is 12.4 Å². The predicted octanol–water partition coefficient (Wildman–Crippen LogP) is 4.52. The highest BCUT2D eigenvalue weighted by Gasteiger charge is 2.27. The van der Waals surface area contributed by atoms with E-state index in [9.17, 15) is 4.79 Å². The van der Waals surface area contributed by atoms with Gasteiger partial charge in [-0.05, 0) is 30.3 Å². The molecular weight excluding hydrogens is 300 g/mol. The van der Waals surface area contributed by atoms with Crippen LogP contribution in [-0.2, 0) is 0 Å². The quantitative estimate of drug-likeness (QED) is 0.615. The summed E-state index contributed by atoms with van der Waals surface area (Å²) in [7, 11) is 0. The van der Waals surface area contributed by atoms with Crippen LogP contribution in [0.1, 0.15) is 15.9 Å². The molecule has 1 aliphatic heterocycles. The Morgan fingerprint density at radius 1 is 1.23 bits per heavy atom. The number of benzene rings is 2. The summed E-state index contributed by atoms with van der Waals surface area (Å²) in [5.74, 6) is 1.26. The number of Topliss-reactive ketones (excluding diaryl/α,β-unsaturated/α-hetero) is 1. The fraction of sp³-hybridized carbons (Fsp3) is 0.0556. The van der Waals surface area contributed by atoms with Crippen LogP contribution in [0, 0.1) is 0 Å². The van der Waals surface area contributed by atoms with Crippen LogP contribution in [0.5, 0.6) is 11.5 Å². The summed E-state index contributed by atoms with van der Waals surface area (Å²) < 4.78 is 11.2. The second kappa shape index (κ2) is 6.08. The summed E-state index contributed by atoms with van der Waals surface area (Å²) in [4.78, 5) is 12.4. The molecule has 22 heavy (non-hydrogen) atoms. The maximum atomic E-state index is 12.4. The third kappa shape index (κ3) is 2.76. The lowest BCUT2D eigenvalue weighted by Crippen LogP contribution is -2.00. The van der Waals surface area contributed by atoms with Crippen molar-refractivity contribution in [2.45, 2.75) is 0 Å². The molecular formula is C18H13ClO3. The molecule has 3 rings (SSSR count). The van der Waals surface area contributed by atoms with Crippen LogP contribution in [0.4, 0.5) is 0 Å². The largest absolute Gasteiger partial charge is 0.489 e. The van der Waals surface area contributed by atoms with Crippen molar-refractivity contribution in [2.75, 3.05) is 6.61 Å². The first-order valence-electron chi connectivity index (χ1n) is 6.75. The molecule has 2 aromatic carbocycles. The molecule has 0 N–H and O–H groups in total. The molecule has 0 unspecified atom stereocenters. The van der Waals surface area contributed by atoms with E-state index in [0.29, 0.717) is 28.7 Å². The normalized spacial score (nSPS) is 14.6. The molecule has 2 aromatic rings. The Labute approximate surface area is 133 Å². The lowest BCUT2D eigenvalue weighted by atomic mass is 10.1. The molecule has 4 heteroatoms. The van der Waals surface area contributed by atoms with Crippen LogP contribution < -0.4 is 9.47 Å². The van der Waals surface area contributed by atoms with Crippen LogP contribution in [0.25, 0.3) is 6.08 Å². The number of hydrogen-bond donors (Lipinski definition) is 0. The van der Waals surface area contributed by atoms with Gasteiger partial charge in [-0.25, -0.2) is 0 Å². The van der Waals surface area contributed by atoms with Gasteiger partial charge in [0.25, 0.3) is 0 Å². The van der Waals surface area contributed by atoms with Gasteiger partial charge in [0.15, 0.2) is 5.76 Å². The van der Waals surface area contributed by atoms with Crippen molar-refractivity contribution in [2.24, 2.45) is 0 Å².